The Morgan fingerprint density at radius 1 is 2.00 bits per heavy atom. The van der Waals surface area contributed by atoms with Gasteiger partial charge in [0, 0.05) is 25.3 Å². The Labute approximate surface area is 52.8 Å². The van der Waals surface area contributed by atoms with Crippen LogP contribution in [0.1, 0.15) is 12.8 Å². The van der Waals surface area contributed by atoms with Crippen molar-refractivity contribution in [3.8, 4) is 0 Å². The van der Waals surface area contributed by atoms with Crippen LogP contribution in [0, 0.1) is 0 Å². The molecule has 0 aromatic carbocycles. The van der Waals surface area contributed by atoms with Gasteiger partial charge in [-0.15, -0.1) is 5.16 Å². The molecule has 1 aliphatic rings. The van der Waals surface area contributed by atoms with Crippen molar-refractivity contribution in [3.63, 3.8) is 0 Å². The molecule has 9 heavy (non-hydrogen) atoms. The summed E-state index contributed by atoms with van der Waals surface area (Å²) >= 11 is 0. The van der Waals surface area contributed by atoms with Crippen LogP contribution in [0.15, 0.2) is 10.3 Å². The van der Waals surface area contributed by atoms with Gasteiger partial charge in [0.1, 0.15) is 6.10 Å². The zero-order valence-electron chi connectivity index (χ0n) is 4.90. The van der Waals surface area contributed by atoms with E-state index in [9.17, 15) is 0 Å². The normalized spacial score (nSPS) is 25.1. The van der Waals surface area contributed by atoms with E-state index in [4.69, 9.17) is 10.0 Å². The van der Waals surface area contributed by atoms with Crippen LogP contribution in [-0.2, 0) is 4.84 Å². The van der Waals surface area contributed by atoms with Crippen molar-refractivity contribution >= 4 is 12.4 Å². The third-order valence-electron chi connectivity index (χ3n) is 1.10. The van der Waals surface area contributed by atoms with E-state index in [0.717, 1.165) is 6.42 Å². The lowest BCUT2D eigenvalue weighted by Gasteiger charge is -2.00. The van der Waals surface area contributed by atoms with Crippen LogP contribution in [0.25, 0.3) is 0 Å². The molecule has 1 unspecified atom stereocenters. The molecule has 0 aromatic heterocycles. The van der Waals surface area contributed by atoms with Crippen molar-refractivity contribution in [2.75, 3.05) is 0 Å². The fourth-order valence-corrected chi connectivity index (χ4v) is 0.637. The van der Waals surface area contributed by atoms with Crippen LogP contribution in [0.2, 0.25) is 0 Å². The quantitative estimate of drug-likeness (QED) is 0.336. The molecule has 0 saturated carbocycles. The average Bonchev–Trinajstić information content (AvgIpc) is 2.34. The molecule has 0 bridgehead atoms. The number of hydrogen-bond donors (Lipinski definition) is 1. The van der Waals surface area contributed by atoms with Crippen molar-refractivity contribution in [2.45, 2.75) is 18.9 Å². The van der Waals surface area contributed by atoms with Crippen molar-refractivity contribution in [1.29, 1.82) is 0 Å². The first-order valence-electron chi connectivity index (χ1n) is 2.77. The molecule has 1 heterocycles. The van der Waals surface area contributed by atoms with Crippen molar-refractivity contribution < 1.29 is 10.0 Å². The number of hydrogen-bond acceptors (Lipinski definition) is 4. The Balaban J connectivity index is 2.14. The number of nitrogens with zero attached hydrogens (tertiary/aromatic N) is 2. The summed E-state index contributed by atoms with van der Waals surface area (Å²) in [6.45, 7) is 0. The minimum absolute atomic E-state index is 0.0842. The highest BCUT2D eigenvalue weighted by atomic mass is 16.6. The van der Waals surface area contributed by atoms with E-state index in [0.29, 0.717) is 6.42 Å². The predicted octanol–water partition coefficient (Wildman–Crippen LogP) is 0.611. The first-order chi connectivity index (χ1) is 4.43. The molecule has 1 rings (SSSR count). The van der Waals surface area contributed by atoms with Gasteiger partial charge in [-0.3, -0.25) is 0 Å². The summed E-state index contributed by atoms with van der Waals surface area (Å²) in [5, 5.41) is 14.4. The molecule has 1 N–H and O–H groups in total. The molecule has 0 aliphatic carbocycles. The molecule has 50 valence electrons. The van der Waals surface area contributed by atoms with E-state index in [2.05, 4.69) is 10.3 Å². The highest BCUT2D eigenvalue weighted by molar-refractivity contribution is 5.62. The summed E-state index contributed by atoms with van der Waals surface area (Å²) in [5.41, 5.74) is 0. The van der Waals surface area contributed by atoms with Crippen LogP contribution in [0.4, 0.5) is 0 Å². The smallest absolute Gasteiger partial charge is 0.137 e. The first kappa shape index (κ1) is 6.07. The fraction of sp³-hybridized carbons (Fsp3) is 0.600. The van der Waals surface area contributed by atoms with Gasteiger partial charge in [-0.1, -0.05) is 5.16 Å². The summed E-state index contributed by atoms with van der Waals surface area (Å²) in [6, 6.07) is 0. The molecule has 4 nitrogen and oxygen atoms in total. The Bertz CT molecular complexity index is 125. The minimum Gasteiger partial charge on any atom is -0.411 e. The number of oxime groups is 2. The lowest BCUT2D eigenvalue weighted by molar-refractivity contribution is 0.0913. The van der Waals surface area contributed by atoms with Gasteiger partial charge in [-0.25, -0.2) is 0 Å². The molecule has 0 radical (unpaired) electrons. The molecule has 0 saturated heterocycles. The van der Waals surface area contributed by atoms with Crippen molar-refractivity contribution in [2.24, 2.45) is 10.3 Å². The molecule has 0 fully saturated rings. The maximum atomic E-state index is 8.00. The Morgan fingerprint density at radius 2 is 2.89 bits per heavy atom. The van der Waals surface area contributed by atoms with Crippen molar-refractivity contribution in [3.05, 3.63) is 0 Å². The van der Waals surface area contributed by atoms with Crippen LogP contribution in [0.3, 0.4) is 0 Å². The van der Waals surface area contributed by atoms with Crippen LogP contribution < -0.4 is 0 Å². The second-order valence-electron chi connectivity index (χ2n) is 1.78. The summed E-state index contributed by atoms with van der Waals surface area (Å²) in [5.74, 6) is 0. The summed E-state index contributed by atoms with van der Waals surface area (Å²) < 4.78 is 0. The molecule has 1 atom stereocenters. The lowest BCUT2D eigenvalue weighted by atomic mass is 10.2. The van der Waals surface area contributed by atoms with E-state index < -0.39 is 0 Å². The molecular formula is C5H8N2O2. The Hall–Kier alpha value is -1.06. The molecular weight excluding hydrogens is 120 g/mol. The molecule has 4 heteroatoms. The summed E-state index contributed by atoms with van der Waals surface area (Å²) in [4.78, 5) is 4.82. The van der Waals surface area contributed by atoms with Gasteiger partial charge in [0.15, 0.2) is 0 Å². The average molecular weight is 128 g/mol. The maximum Gasteiger partial charge on any atom is 0.137 e. The Kier molecular flexibility index (Phi) is 2.06. The number of rotatable bonds is 2. The largest absolute Gasteiger partial charge is 0.411 e. The van der Waals surface area contributed by atoms with Gasteiger partial charge in [-0.05, 0) is 0 Å². The standard InChI is InChI=1S/C5H8N2O2/c8-6-3-1-5-2-4-7-9-5/h3-5,8H,1-2H2/b6-3+. The second kappa shape index (κ2) is 3.06. The molecule has 0 amide bonds. The first-order valence-corrected chi connectivity index (χ1v) is 2.77. The fourth-order valence-electron chi connectivity index (χ4n) is 0.637. The zero-order valence-corrected chi connectivity index (χ0v) is 4.90. The zero-order chi connectivity index (χ0) is 6.53. The van der Waals surface area contributed by atoms with Gasteiger partial charge in [-0.2, -0.15) is 0 Å². The van der Waals surface area contributed by atoms with Crippen molar-refractivity contribution in [1.82, 2.24) is 0 Å². The SMILES string of the molecule is O/N=C/CC1CC=NO1. The topological polar surface area (TPSA) is 54.2 Å². The van der Waals surface area contributed by atoms with Crippen LogP contribution >= 0.6 is 0 Å². The summed E-state index contributed by atoms with van der Waals surface area (Å²) in [7, 11) is 0. The highest BCUT2D eigenvalue weighted by Gasteiger charge is 2.10. The third-order valence-corrected chi connectivity index (χ3v) is 1.10. The van der Waals surface area contributed by atoms with Gasteiger partial charge in [0.2, 0.25) is 0 Å². The third kappa shape index (κ3) is 1.71. The van der Waals surface area contributed by atoms with Gasteiger partial charge >= 0.3 is 0 Å². The highest BCUT2D eigenvalue weighted by Crippen LogP contribution is 2.06. The maximum absolute atomic E-state index is 8.00. The van der Waals surface area contributed by atoms with Crippen LogP contribution in [0.5, 0.6) is 0 Å². The second-order valence-corrected chi connectivity index (χ2v) is 1.78. The molecule has 1 aliphatic heterocycles. The van der Waals surface area contributed by atoms with Crippen LogP contribution in [-0.4, -0.2) is 23.7 Å². The summed E-state index contributed by atoms with van der Waals surface area (Å²) in [6.07, 6.45) is 4.62. The van der Waals surface area contributed by atoms with Gasteiger partial charge < -0.3 is 10.0 Å². The van der Waals surface area contributed by atoms with Gasteiger partial charge in [0.25, 0.3) is 0 Å². The van der Waals surface area contributed by atoms with E-state index in [1.807, 2.05) is 0 Å². The Morgan fingerprint density at radius 3 is 3.44 bits per heavy atom. The lowest BCUT2D eigenvalue weighted by Crippen LogP contribution is -2.04. The van der Waals surface area contributed by atoms with Gasteiger partial charge in [0.05, 0.1) is 0 Å². The van der Waals surface area contributed by atoms with E-state index in [1.165, 1.54) is 6.21 Å². The molecule has 0 aromatic rings. The van der Waals surface area contributed by atoms with E-state index in [-0.39, 0.29) is 6.10 Å². The minimum atomic E-state index is 0.0842. The monoisotopic (exact) mass is 128 g/mol. The van der Waals surface area contributed by atoms with E-state index in [1.54, 1.807) is 6.21 Å². The van der Waals surface area contributed by atoms with E-state index >= 15 is 0 Å². The predicted molar refractivity (Wildman–Crippen MR) is 32.9 cm³/mol. The molecule has 0 spiro atoms.